The summed E-state index contributed by atoms with van der Waals surface area (Å²) in [4.78, 5) is 67.8. The molecule has 3 fully saturated rings. The molecule has 4 aliphatic heterocycles. The van der Waals surface area contributed by atoms with Crippen molar-refractivity contribution in [3.63, 3.8) is 0 Å². The van der Waals surface area contributed by atoms with Crippen LogP contribution in [0.3, 0.4) is 0 Å². The minimum absolute atomic E-state index is 0.0687. The third-order valence-electron chi connectivity index (χ3n) is 8.66. The Labute approximate surface area is 235 Å². The monoisotopic (exact) mass is 552 g/mol. The number of amides is 4. The number of benzene rings is 1. The zero-order valence-corrected chi connectivity index (χ0v) is 23.5. The molecule has 1 aromatic rings. The van der Waals surface area contributed by atoms with E-state index in [-0.39, 0.29) is 24.7 Å². The van der Waals surface area contributed by atoms with Crippen molar-refractivity contribution in [3.05, 3.63) is 29.3 Å². The Morgan fingerprint density at radius 1 is 0.925 bits per heavy atom. The van der Waals surface area contributed by atoms with Gasteiger partial charge in [-0.15, -0.1) is 0 Å². The van der Waals surface area contributed by atoms with E-state index >= 15 is 0 Å². The smallest absolute Gasteiger partial charge is 0.306 e. The van der Waals surface area contributed by atoms with Crippen molar-refractivity contribution < 1.29 is 28.7 Å². The van der Waals surface area contributed by atoms with Gasteiger partial charge in [0.2, 0.25) is 11.8 Å². The van der Waals surface area contributed by atoms with Crippen LogP contribution in [0, 0.1) is 17.8 Å². The van der Waals surface area contributed by atoms with E-state index in [1.165, 1.54) is 0 Å². The largest absolute Gasteiger partial charge is 0.465 e. The molecule has 4 aliphatic rings. The van der Waals surface area contributed by atoms with Crippen LogP contribution < -0.4 is 10.2 Å². The fraction of sp³-hybridized carbons (Fsp3) is 0.633. The van der Waals surface area contributed by atoms with Crippen LogP contribution in [-0.4, -0.2) is 84.8 Å². The fourth-order valence-corrected chi connectivity index (χ4v) is 6.32. The van der Waals surface area contributed by atoms with Gasteiger partial charge in [0.15, 0.2) is 0 Å². The molecule has 0 saturated carbocycles. The minimum Gasteiger partial charge on any atom is -0.465 e. The van der Waals surface area contributed by atoms with Crippen LogP contribution in [0.2, 0.25) is 0 Å². The predicted octanol–water partition coefficient (Wildman–Crippen LogP) is 2.61. The summed E-state index contributed by atoms with van der Waals surface area (Å²) in [7, 11) is 0. The number of piperidine rings is 3. The van der Waals surface area contributed by atoms with E-state index in [2.05, 4.69) is 15.1 Å². The molecular weight excluding hydrogens is 512 g/mol. The Balaban J connectivity index is 1.10. The quantitative estimate of drug-likeness (QED) is 0.387. The van der Waals surface area contributed by atoms with Crippen LogP contribution in [0.15, 0.2) is 18.2 Å². The maximum atomic E-state index is 13.2. The average molecular weight is 553 g/mol. The summed E-state index contributed by atoms with van der Waals surface area (Å²) in [5.41, 5.74) is 1.55. The highest BCUT2D eigenvalue weighted by molar-refractivity contribution is 6.23. The van der Waals surface area contributed by atoms with E-state index in [0.717, 1.165) is 69.0 Å². The van der Waals surface area contributed by atoms with Crippen molar-refractivity contribution in [2.75, 3.05) is 44.2 Å². The van der Waals surface area contributed by atoms with Crippen molar-refractivity contribution in [2.24, 2.45) is 17.8 Å². The van der Waals surface area contributed by atoms with Gasteiger partial charge < -0.3 is 14.5 Å². The summed E-state index contributed by atoms with van der Waals surface area (Å²) in [6.45, 7) is 9.45. The third-order valence-corrected chi connectivity index (χ3v) is 8.66. The van der Waals surface area contributed by atoms with Crippen molar-refractivity contribution >= 4 is 35.3 Å². The molecule has 5 rings (SSSR count). The number of hydrogen-bond donors (Lipinski definition) is 1. The summed E-state index contributed by atoms with van der Waals surface area (Å²) < 4.78 is 5.36. The molecule has 10 nitrogen and oxygen atoms in total. The number of nitrogens with one attached hydrogen (secondary N) is 1. The Kier molecular flexibility index (Phi) is 8.54. The second kappa shape index (κ2) is 12.1. The number of rotatable bonds is 8. The lowest BCUT2D eigenvalue weighted by molar-refractivity contribution is -0.146. The second-order valence-electron chi connectivity index (χ2n) is 12.1. The van der Waals surface area contributed by atoms with Crippen molar-refractivity contribution in [3.8, 4) is 0 Å². The number of nitrogens with zero attached hydrogens (tertiary/aromatic N) is 3. The van der Waals surface area contributed by atoms with Gasteiger partial charge in [-0.05, 0) is 81.1 Å². The molecule has 1 aromatic carbocycles. The lowest BCUT2D eigenvalue weighted by atomic mass is 9.91. The first kappa shape index (κ1) is 28.3. The highest BCUT2D eigenvalue weighted by atomic mass is 16.5. The first-order chi connectivity index (χ1) is 19.2. The molecule has 10 heteroatoms. The lowest BCUT2D eigenvalue weighted by Crippen LogP contribution is -2.54. The molecule has 0 radical (unpaired) electrons. The van der Waals surface area contributed by atoms with Crippen LogP contribution in [0.25, 0.3) is 0 Å². The van der Waals surface area contributed by atoms with Gasteiger partial charge in [0.05, 0.1) is 17.7 Å². The van der Waals surface area contributed by atoms with Crippen LogP contribution in [-0.2, 0) is 19.1 Å². The molecular formula is C30H40N4O6. The maximum Gasteiger partial charge on any atom is 0.306 e. The summed E-state index contributed by atoms with van der Waals surface area (Å²) >= 11 is 0. The number of imide groups is 2. The Hall–Kier alpha value is -3.27. The van der Waals surface area contributed by atoms with Crippen LogP contribution in [0.1, 0.15) is 79.5 Å². The molecule has 1 unspecified atom stereocenters. The minimum atomic E-state index is -0.951. The SMILES string of the molecule is CC(C)COC(=O)CC1CCN(CC2CCN(c3ccc4c(c3)C(=O)N(C3CCC(=O)NC3=O)C4=O)CC2)CC1. The van der Waals surface area contributed by atoms with E-state index in [9.17, 15) is 24.0 Å². The van der Waals surface area contributed by atoms with Gasteiger partial charge in [0.25, 0.3) is 11.8 Å². The van der Waals surface area contributed by atoms with E-state index in [1.807, 2.05) is 19.9 Å². The molecule has 0 spiro atoms. The molecule has 4 amide bonds. The standard InChI is InChI=1S/C30H40N4O6/c1-19(2)18-40-27(36)15-20-7-11-32(12-8-20)17-21-9-13-33(14-10-21)22-3-4-23-24(16-22)30(39)34(29(23)38)25-5-6-26(35)31-28(25)37/h3-4,16,19-21,25H,5-15,17-18H2,1-2H3,(H,31,35,37). The Morgan fingerprint density at radius 2 is 1.60 bits per heavy atom. The first-order valence-electron chi connectivity index (χ1n) is 14.7. The molecule has 4 heterocycles. The van der Waals surface area contributed by atoms with E-state index < -0.39 is 23.8 Å². The van der Waals surface area contributed by atoms with Gasteiger partial charge in [-0.3, -0.25) is 34.2 Å². The van der Waals surface area contributed by atoms with Gasteiger partial charge in [-0.25, -0.2) is 0 Å². The summed E-state index contributed by atoms with van der Waals surface area (Å²) in [6.07, 6.45) is 4.95. The summed E-state index contributed by atoms with van der Waals surface area (Å²) in [6, 6.07) is 4.40. The van der Waals surface area contributed by atoms with Crippen LogP contribution in [0.4, 0.5) is 5.69 Å². The highest BCUT2D eigenvalue weighted by Crippen LogP contribution is 2.32. The average Bonchev–Trinajstić information content (AvgIpc) is 3.18. The van der Waals surface area contributed by atoms with Crippen LogP contribution in [0.5, 0.6) is 0 Å². The van der Waals surface area contributed by atoms with E-state index in [4.69, 9.17) is 4.74 Å². The van der Waals surface area contributed by atoms with Crippen molar-refractivity contribution in [1.82, 2.24) is 15.1 Å². The number of hydrogen-bond acceptors (Lipinski definition) is 8. The van der Waals surface area contributed by atoms with Crippen LogP contribution >= 0.6 is 0 Å². The third kappa shape index (κ3) is 6.22. The second-order valence-corrected chi connectivity index (χ2v) is 12.1. The number of likely N-dealkylation sites (tertiary alicyclic amines) is 1. The topological polar surface area (TPSA) is 116 Å². The number of carbonyl (C=O) groups excluding carboxylic acids is 5. The van der Waals surface area contributed by atoms with Gasteiger partial charge in [0.1, 0.15) is 6.04 Å². The molecule has 0 bridgehead atoms. The molecule has 1 atom stereocenters. The fourth-order valence-electron chi connectivity index (χ4n) is 6.32. The molecule has 216 valence electrons. The van der Waals surface area contributed by atoms with Crippen molar-refractivity contribution in [1.29, 1.82) is 0 Å². The normalized spacial score (nSPS) is 23.1. The molecule has 1 N–H and O–H groups in total. The lowest BCUT2D eigenvalue weighted by Gasteiger charge is -2.38. The Bertz CT molecular complexity index is 1170. The number of anilines is 1. The highest BCUT2D eigenvalue weighted by Gasteiger charge is 2.44. The zero-order chi connectivity index (χ0) is 28.4. The van der Waals surface area contributed by atoms with E-state index in [0.29, 0.717) is 41.9 Å². The van der Waals surface area contributed by atoms with Gasteiger partial charge >= 0.3 is 5.97 Å². The summed E-state index contributed by atoms with van der Waals surface area (Å²) in [5.74, 6) is -0.613. The van der Waals surface area contributed by atoms with Gasteiger partial charge in [-0.2, -0.15) is 0 Å². The van der Waals surface area contributed by atoms with Crippen molar-refractivity contribution in [2.45, 2.75) is 64.8 Å². The van der Waals surface area contributed by atoms with Gasteiger partial charge in [0, 0.05) is 38.2 Å². The zero-order valence-electron chi connectivity index (χ0n) is 23.5. The Morgan fingerprint density at radius 3 is 2.27 bits per heavy atom. The predicted molar refractivity (Wildman–Crippen MR) is 148 cm³/mol. The molecule has 3 saturated heterocycles. The number of carbonyl (C=O) groups is 5. The molecule has 0 aliphatic carbocycles. The maximum absolute atomic E-state index is 13.2. The number of esters is 1. The number of ether oxygens (including phenoxy) is 1. The summed E-state index contributed by atoms with van der Waals surface area (Å²) in [5, 5.41) is 2.23. The first-order valence-corrected chi connectivity index (χ1v) is 14.7. The van der Waals surface area contributed by atoms with Gasteiger partial charge in [-0.1, -0.05) is 13.8 Å². The molecule has 0 aromatic heterocycles. The number of fused-ring (bicyclic) bond motifs is 1. The molecule has 40 heavy (non-hydrogen) atoms. The van der Waals surface area contributed by atoms with E-state index in [1.54, 1.807) is 12.1 Å².